The number of methoxy groups -OCH3 is 1. The molecule has 1 aliphatic rings. The second kappa shape index (κ2) is 4.08. The largest absolute Gasteiger partial charge is 0.507 e. The molecule has 1 aromatic carbocycles. The molecule has 3 nitrogen and oxygen atoms in total. The minimum atomic E-state index is -4.75. The van der Waals surface area contributed by atoms with Crippen LogP contribution in [0.1, 0.15) is 5.56 Å². The van der Waals surface area contributed by atoms with Gasteiger partial charge in [-0.15, -0.1) is 0 Å². The van der Waals surface area contributed by atoms with Gasteiger partial charge in [0.05, 0.1) is 12.0 Å². The van der Waals surface area contributed by atoms with Crippen molar-refractivity contribution in [2.24, 2.45) is 0 Å². The summed E-state index contributed by atoms with van der Waals surface area (Å²) in [6, 6.07) is 4.19. The van der Waals surface area contributed by atoms with Gasteiger partial charge in [-0.1, -0.05) is 23.9 Å². The molecule has 2 rings (SSSR count). The van der Waals surface area contributed by atoms with Crippen LogP contribution in [-0.2, 0) is 16.0 Å². The van der Waals surface area contributed by atoms with Crippen molar-refractivity contribution in [1.29, 1.82) is 0 Å². The number of rotatable bonds is 1. The molecule has 98 valence electrons. The second-order valence-electron chi connectivity index (χ2n) is 3.86. The minimum Gasteiger partial charge on any atom is -0.507 e. The maximum Gasteiger partial charge on any atom is 0.414 e. The van der Waals surface area contributed by atoms with Crippen molar-refractivity contribution in [1.82, 2.24) is 0 Å². The minimum absolute atomic E-state index is 0.0835. The number of ether oxygens (including phenoxy) is 1. The summed E-state index contributed by atoms with van der Waals surface area (Å²) < 4.78 is 41.0. The fraction of sp³-hybridized carbons (Fsp3) is 0.364. The Morgan fingerprint density at radius 1 is 1.50 bits per heavy atom. The lowest BCUT2D eigenvalue weighted by Crippen LogP contribution is -2.49. The lowest BCUT2D eigenvalue weighted by molar-refractivity contribution is -0.184. The highest BCUT2D eigenvalue weighted by Crippen LogP contribution is 2.56. The van der Waals surface area contributed by atoms with Gasteiger partial charge >= 0.3 is 12.1 Å². The Bertz CT molecular complexity index is 501. The Morgan fingerprint density at radius 2 is 2.17 bits per heavy atom. The lowest BCUT2D eigenvalue weighted by atomic mass is 9.98. The van der Waals surface area contributed by atoms with E-state index in [0.717, 1.165) is 7.11 Å². The normalized spacial score (nSPS) is 22.7. The van der Waals surface area contributed by atoms with Gasteiger partial charge in [-0.05, 0) is 11.6 Å². The average molecular weight is 278 g/mol. The van der Waals surface area contributed by atoms with Gasteiger partial charge in [0, 0.05) is 6.42 Å². The maximum atomic E-state index is 13.1. The van der Waals surface area contributed by atoms with Crippen LogP contribution >= 0.6 is 11.8 Å². The molecule has 1 N–H and O–H groups in total. The smallest absolute Gasteiger partial charge is 0.414 e. The molecule has 0 aromatic heterocycles. The van der Waals surface area contributed by atoms with E-state index >= 15 is 0 Å². The molecule has 0 saturated heterocycles. The first kappa shape index (κ1) is 13.1. The summed E-state index contributed by atoms with van der Waals surface area (Å²) in [4.78, 5) is 11.6. The molecule has 0 bridgehead atoms. The van der Waals surface area contributed by atoms with E-state index in [1.807, 2.05) is 0 Å². The summed E-state index contributed by atoms with van der Waals surface area (Å²) in [7, 11) is 0.916. The zero-order valence-corrected chi connectivity index (χ0v) is 10.1. The quantitative estimate of drug-likeness (QED) is 0.802. The maximum absolute atomic E-state index is 13.1. The Balaban J connectivity index is 2.51. The predicted molar refractivity (Wildman–Crippen MR) is 58.5 cm³/mol. The molecular formula is C11H9F3O3S. The Hall–Kier alpha value is -1.37. The Labute approximate surface area is 105 Å². The number of phenols is 1. The number of fused-ring (bicyclic) bond motifs is 1. The number of halogens is 3. The van der Waals surface area contributed by atoms with Crippen molar-refractivity contribution in [2.45, 2.75) is 22.2 Å². The van der Waals surface area contributed by atoms with Gasteiger partial charge < -0.3 is 9.84 Å². The topological polar surface area (TPSA) is 46.5 Å². The molecule has 0 radical (unpaired) electrons. The fourth-order valence-corrected chi connectivity index (χ4v) is 3.16. The number of aromatic hydroxyl groups is 1. The third-order valence-corrected chi connectivity index (χ3v) is 4.33. The molecule has 1 heterocycles. The first-order valence-electron chi connectivity index (χ1n) is 4.97. The first-order chi connectivity index (χ1) is 8.32. The molecule has 1 aliphatic heterocycles. The highest BCUT2D eigenvalue weighted by molar-refractivity contribution is 8.02. The SMILES string of the molecule is COC(=O)C1(C(F)(F)F)Cc2cccc(O)c2S1. The monoisotopic (exact) mass is 278 g/mol. The van der Waals surface area contributed by atoms with Crippen molar-refractivity contribution in [2.75, 3.05) is 7.11 Å². The summed E-state index contributed by atoms with van der Waals surface area (Å²) in [5.74, 6) is -1.61. The van der Waals surface area contributed by atoms with Crippen LogP contribution in [0.15, 0.2) is 23.1 Å². The molecule has 1 atom stereocenters. The van der Waals surface area contributed by atoms with E-state index in [9.17, 15) is 23.1 Å². The van der Waals surface area contributed by atoms with Gasteiger partial charge in [-0.3, -0.25) is 4.79 Å². The van der Waals surface area contributed by atoms with E-state index in [2.05, 4.69) is 4.74 Å². The third-order valence-electron chi connectivity index (χ3n) is 2.76. The van der Waals surface area contributed by atoms with Gasteiger partial charge in [-0.25, -0.2) is 0 Å². The number of carbonyl (C=O) groups is 1. The average Bonchev–Trinajstić information content (AvgIpc) is 2.69. The van der Waals surface area contributed by atoms with Gasteiger partial charge in [0.1, 0.15) is 5.75 Å². The molecule has 0 saturated carbocycles. The second-order valence-corrected chi connectivity index (χ2v) is 5.17. The van der Waals surface area contributed by atoms with E-state index in [4.69, 9.17) is 0 Å². The molecular weight excluding hydrogens is 269 g/mol. The standard InChI is InChI=1S/C11H9F3O3S/c1-17-9(16)10(11(12,13)14)5-6-3-2-4-7(15)8(6)18-10/h2-4,15H,5H2,1H3. The first-order valence-corrected chi connectivity index (χ1v) is 5.78. The van der Waals surface area contributed by atoms with Crippen LogP contribution in [0.2, 0.25) is 0 Å². The fourth-order valence-electron chi connectivity index (χ4n) is 1.86. The summed E-state index contributed by atoms with van der Waals surface area (Å²) in [5, 5.41) is 9.54. The van der Waals surface area contributed by atoms with Crippen molar-refractivity contribution in [3.8, 4) is 5.75 Å². The van der Waals surface area contributed by atoms with E-state index in [1.54, 1.807) is 0 Å². The number of carbonyl (C=O) groups excluding carboxylic acids is 1. The molecule has 1 aromatic rings. The Kier molecular flexibility index (Phi) is 2.96. The molecule has 0 aliphatic carbocycles. The Morgan fingerprint density at radius 3 is 2.67 bits per heavy atom. The highest BCUT2D eigenvalue weighted by atomic mass is 32.2. The summed E-state index contributed by atoms with van der Waals surface area (Å²) in [6.45, 7) is 0. The van der Waals surface area contributed by atoms with Crippen molar-refractivity contribution >= 4 is 17.7 Å². The van der Waals surface area contributed by atoms with Crippen LogP contribution in [0.3, 0.4) is 0 Å². The predicted octanol–water partition coefficient (Wildman–Crippen LogP) is 2.51. The lowest BCUT2D eigenvalue weighted by Gasteiger charge is -2.27. The van der Waals surface area contributed by atoms with E-state index < -0.39 is 23.3 Å². The zero-order chi connectivity index (χ0) is 13.6. The van der Waals surface area contributed by atoms with E-state index in [1.165, 1.54) is 18.2 Å². The van der Waals surface area contributed by atoms with Gasteiger partial charge in [0.25, 0.3) is 0 Å². The molecule has 1 unspecified atom stereocenters. The number of hydrogen-bond acceptors (Lipinski definition) is 4. The molecule has 0 amide bonds. The van der Waals surface area contributed by atoms with Gasteiger partial charge in [0.2, 0.25) is 4.75 Å². The van der Waals surface area contributed by atoms with Crippen LogP contribution in [0.4, 0.5) is 13.2 Å². The van der Waals surface area contributed by atoms with E-state index in [-0.39, 0.29) is 10.6 Å². The van der Waals surface area contributed by atoms with Crippen LogP contribution < -0.4 is 0 Å². The molecule has 0 spiro atoms. The number of benzene rings is 1. The number of phenolic OH excluding ortho intramolecular Hbond substituents is 1. The van der Waals surface area contributed by atoms with Gasteiger partial charge in [-0.2, -0.15) is 13.2 Å². The van der Waals surface area contributed by atoms with Crippen LogP contribution in [0.25, 0.3) is 0 Å². The van der Waals surface area contributed by atoms with Crippen LogP contribution in [-0.4, -0.2) is 29.1 Å². The third kappa shape index (κ3) is 1.73. The zero-order valence-electron chi connectivity index (χ0n) is 9.25. The highest BCUT2D eigenvalue weighted by Gasteiger charge is 2.65. The van der Waals surface area contributed by atoms with E-state index in [0.29, 0.717) is 17.3 Å². The summed E-state index contributed by atoms with van der Waals surface area (Å²) >= 11 is 0.300. The summed E-state index contributed by atoms with van der Waals surface area (Å²) in [5.41, 5.74) is 0.294. The van der Waals surface area contributed by atoms with Crippen molar-refractivity contribution < 1.29 is 27.8 Å². The molecule has 18 heavy (non-hydrogen) atoms. The number of alkyl halides is 3. The number of hydrogen-bond donors (Lipinski definition) is 1. The number of thioether (sulfide) groups is 1. The summed E-state index contributed by atoms with van der Waals surface area (Å²) in [6.07, 6.45) is -5.28. The van der Waals surface area contributed by atoms with Crippen molar-refractivity contribution in [3.05, 3.63) is 23.8 Å². The van der Waals surface area contributed by atoms with Crippen LogP contribution in [0.5, 0.6) is 5.75 Å². The number of esters is 1. The van der Waals surface area contributed by atoms with Crippen molar-refractivity contribution in [3.63, 3.8) is 0 Å². The van der Waals surface area contributed by atoms with Crippen LogP contribution in [0, 0.1) is 0 Å². The molecule has 7 heteroatoms. The molecule has 0 fully saturated rings. The van der Waals surface area contributed by atoms with Gasteiger partial charge in [0.15, 0.2) is 0 Å².